The van der Waals surface area contributed by atoms with E-state index in [-0.39, 0.29) is 17.1 Å². The van der Waals surface area contributed by atoms with Crippen molar-refractivity contribution in [2.45, 2.75) is 13.5 Å². The average molecular weight is 279 g/mol. The Morgan fingerprint density at radius 1 is 1.37 bits per heavy atom. The number of hydrogen-bond donors (Lipinski definition) is 1. The van der Waals surface area contributed by atoms with Crippen LogP contribution in [0, 0.1) is 12.7 Å². The number of aryl methyl sites for hydroxylation is 1. The molecule has 2 aromatic rings. The van der Waals surface area contributed by atoms with Crippen LogP contribution >= 0.6 is 11.6 Å². The third kappa shape index (κ3) is 3.29. The van der Waals surface area contributed by atoms with Crippen LogP contribution in [0.25, 0.3) is 0 Å². The quantitative estimate of drug-likeness (QED) is 0.937. The van der Waals surface area contributed by atoms with Crippen molar-refractivity contribution in [1.29, 1.82) is 0 Å². The van der Waals surface area contributed by atoms with Gasteiger partial charge in [-0.3, -0.25) is 9.78 Å². The summed E-state index contributed by atoms with van der Waals surface area (Å²) in [6.45, 7) is 2.15. The van der Waals surface area contributed by atoms with Crippen molar-refractivity contribution in [2.24, 2.45) is 0 Å². The molecule has 1 aromatic carbocycles. The number of benzene rings is 1. The van der Waals surface area contributed by atoms with Crippen LogP contribution in [0.1, 0.15) is 21.6 Å². The number of pyridine rings is 1. The molecule has 0 aliphatic heterocycles. The van der Waals surface area contributed by atoms with E-state index in [9.17, 15) is 9.18 Å². The molecular weight excluding hydrogens is 267 g/mol. The molecule has 0 atom stereocenters. The molecule has 0 aliphatic carbocycles. The molecule has 0 saturated carbocycles. The van der Waals surface area contributed by atoms with Crippen LogP contribution in [0.5, 0.6) is 0 Å². The van der Waals surface area contributed by atoms with Gasteiger partial charge in [0.25, 0.3) is 5.91 Å². The first-order valence-electron chi connectivity index (χ1n) is 5.71. The van der Waals surface area contributed by atoms with Gasteiger partial charge in [-0.25, -0.2) is 4.39 Å². The van der Waals surface area contributed by atoms with E-state index in [2.05, 4.69) is 10.3 Å². The highest BCUT2D eigenvalue weighted by Crippen LogP contribution is 2.18. The summed E-state index contributed by atoms with van der Waals surface area (Å²) in [5.74, 6) is -1.17. The van der Waals surface area contributed by atoms with E-state index < -0.39 is 11.7 Å². The fourth-order valence-electron chi connectivity index (χ4n) is 1.59. The highest BCUT2D eigenvalue weighted by molar-refractivity contribution is 6.33. The first-order valence-corrected chi connectivity index (χ1v) is 6.09. The van der Waals surface area contributed by atoms with Crippen LogP contribution < -0.4 is 5.32 Å². The number of carbonyl (C=O) groups excluding carboxylic acids is 1. The predicted molar refractivity (Wildman–Crippen MR) is 71.6 cm³/mol. The van der Waals surface area contributed by atoms with Crippen molar-refractivity contribution in [3.8, 4) is 0 Å². The smallest absolute Gasteiger partial charge is 0.256 e. The van der Waals surface area contributed by atoms with Gasteiger partial charge in [0, 0.05) is 18.4 Å². The van der Waals surface area contributed by atoms with E-state index in [1.54, 1.807) is 6.20 Å². The van der Waals surface area contributed by atoms with Gasteiger partial charge >= 0.3 is 0 Å². The number of carbonyl (C=O) groups is 1. The van der Waals surface area contributed by atoms with Crippen molar-refractivity contribution in [3.05, 3.63) is 64.2 Å². The molecule has 3 nitrogen and oxygen atoms in total. The van der Waals surface area contributed by atoms with Crippen LogP contribution in [-0.4, -0.2) is 10.9 Å². The van der Waals surface area contributed by atoms with Crippen LogP contribution in [0.4, 0.5) is 4.39 Å². The molecule has 5 heteroatoms. The summed E-state index contributed by atoms with van der Waals surface area (Å²) < 4.78 is 13.5. The minimum atomic E-state index is -0.632. The molecule has 0 saturated heterocycles. The molecular formula is C14H12ClFN2O. The molecule has 0 bridgehead atoms. The van der Waals surface area contributed by atoms with Crippen LogP contribution in [-0.2, 0) is 6.54 Å². The van der Waals surface area contributed by atoms with E-state index in [0.717, 1.165) is 11.3 Å². The van der Waals surface area contributed by atoms with E-state index in [0.29, 0.717) is 0 Å². The monoisotopic (exact) mass is 278 g/mol. The van der Waals surface area contributed by atoms with Crippen molar-refractivity contribution in [3.63, 3.8) is 0 Å². The summed E-state index contributed by atoms with van der Waals surface area (Å²) in [6.07, 6.45) is 1.67. The Labute approximate surface area is 115 Å². The molecule has 0 aliphatic rings. The fraction of sp³-hybridized carbons (Fsp3) is 0.143. The summed E-state index contributed by atoms with van der Waals surface area (Å²) in [5.41, 5.74) is 1.60. The maximum atomic E-state index is 13.5. The minimum absolute atomic E-state index is 0.0968. The second-order valence-corrected chi connectivity index (χ2v) is 4.49. The number of nitrogens with zero attached hydrogens (tertiary/aromatic N) is 1. The molecule has 0 unspecified atom stereocenters. The number of rotatable bonds is 3. The maximum absolute atomic E-state index is 13.5. The predicted octanol–water partition coefficient (Wildman–Crippen LogP) is 3.11. The summed E-state index contributed by atoms with van der Waals surface area (Å²) in [6, 6.07) is 7.84. The molecule has 19 heavy (non-hydrogen) atoms. The molecule has 1 aromatic heterocycles. The van der Waals surface area contributed by atoms with E-state index in [4.69, 9.17) is 11.6 Å². The molecule has 1 heterocycles. The van der Waals surface area contributed by atoms with Gasteiger partial charge in [0.1, 0.15) is 5.82 Å². The highest BCUT2D eigenvalue weighted by Gasteiger charge is 2.15. The summed E-state index contributed by atoms with van der Waals surface area (Å²) >= 11 is 5.81. The average Bonchev–Trinajstić information content (AvgIpc) is 2.38. The Morgan fingerprint density at radius 2 is 2.16 bits per heavy atom. The molecule has 0 radical (unpaired) electrons. The zero-order valence-corrected chi connectivity index (χ0v) is 11.0. The number of hydrogen-bond acceptors (Lipinski definition) is 2. The Kier molecular flexibility index (Phi) is 4.12. The number of nitrogens with one attached hydrogen (secondary N) is 1. The van der Waals surface area contributed by atoms with Crippen molar-refractivity contribution in [2.75, 3.05) is 0 Å². The zero-order chi connectivity index (χ0) is 13.8. The Hall–Kier alpha value is -1.94. The van der Waals surface area contributed by atoms with Gasteiger partial charge in [0.05, 0.1) is 10.6 Å². The van der Waals surface area contributed by atoms with Crippen molar-refractivity contribution >= 4 is 17.5 Å². The molecule has 1 amide bonds. The maximum Gasteiger partial charge on any atom is 0.256 e. The van der Waals surface area contributed by atoms with E-state index >= 15 is 0 Å². The second-order valence-electron chi connectivity index (χ2n) is 4.09. The van der Waals surface area contributed by atoms with E-state index in [1.165, 1.54) is 18.2 Å². The molecule has 2 rings (SSSR count). The van der Waals surface area contributed by atoms with Gasteiger partial charge in [-0.2, -0.15) is 0 Å². The minimum Gasteiger partial charge on any atom is -0.348 e. The third-order valence-corrected chi connectivity index (χ3v) is 2.93. The fourth-order valence-corrected chi connectivity index (χ4v) is 1.84. The lowest BCUT2D eigenvalue weighted by Gasteiger charge is -2.07. The normalized spacial score (nSPS) is 10.3. The van der Waals surface area contributed by atoms with Gasteiger partial charge in [-0.15, -0.1) is 0 Å². The Bertz CT molecular complexity index is 579. The molecule has 0 spiro atoms. The van der Waals surface area contributed by atoms with Gasteiger partial charge in [-0.1, -0.05) is 23.7 Å². The lowest BCUT2D eigenvalue weighted by molar-refractivity contribution is 0.0947. The number of amides is 1. The largest absolute Gasteiger partial charge is 0.348 e. The first-order chi connectivity index (χ1) is 9.08. The highest BCUT2D eigenvalue weighted by atomic mass is 35.5. The lowest BCUT2D eigenvalue weighted by Crippen LogP contribution is -2.24. The first kappa shape index (κ1) is 13.5. The summed E-state index contributed by atoms with van der Waals surface area (Å²) in [5, 5.41) is 2.71. The lowest BCUT2D eigenvalue weighted by atomic mass is 10.2. The Balaban J connectivity index is 2.07. The second kappa shape index (κ2) is 5.80. The summed E-state index contributed by atoms with van der Waals surface area (Å²) in [7, 11) is 0. The van der Waals surface area contributed by atoms with Crippen molar-refractivity contribution < 1.29 is 9.18 Å². The van der Waals surface area contributed by atoms with Crippen LogP contribution in [0.2, 0.25) is 5.02 Å². The number of aromatic nitrogens is 1. The third-order valence-electron chi connectivity index (χ3n) is 2.62. The molecule has 0 fully saturated rings. The van der Waals surface area contributed by atoms with Crippen LogP contribution in [0.15, 0.2) is 36.5 Å². The van der Waals surface area contributed by atoms with Crippen LogP contribution in [0.3, 0.4) is 0 Å². The topological polar surface area (TPSA) is 42.0 Å². The molecule has 1 N–H and O–H groups in total. The van der Waals surface area contributed by atoms with Gasteiger partial charge in [0.2, 0.25) is 0 Å². The molecule has 98 valence electrons. The van der Waals surface area contributed by atoms with E-state index in [1.807, 2.05) is 19.1 Å². The Morgan fingerprint density at radius 3 is 2.79 bits per heavy atom. The number of halogens is 2. The standard InChI is InChI=1S/C14H12ClFN2O/c1-9-5-6-10(7-17-9)8-18-14(19)13-11(15)3-2-4-12(13)16/h2-7H,8H2,1H3,(H,18,19). The van der Waals surface area contributed by atoms with Crippen molar-refractivity contribution in [1.82, 2.24) is 10.3 Å². The van der Waals surface area contributed by atoms with Gasteiger partial charge < -0.3 is 5.32 Å². The SMILES string of the molecule is Cc1ccc(CNC(=O)c2c(F)cccc2Cl)cn1. The summed E-state index contributed by atoms with van der Waals surface area (Å²) in [4.78, 5) is 16.0. The van der Waals surface area contributed by atoms with Gasteiger partial charge in [0.15, 0.2) is 0 Å². The van der Waals surface area contributed by atoms with Gasteiger partial charge in [-0.05, 0) is 30.7 Å². The zero-order valence-electron chi connectivity index (χ0n) is 10.3.